The number of azo groups is 1. The number of benzene rings is 5. The average molecular weight is 1500 g/mol. The molecule has 0 saturated carbocycles. The van der Waals surface area contributed by atoms with Gasteiger partial charge in [0, 0.05) is 22.7 Å². The number of hydrogen-bond donors (Lipinski definition) is 14. The molecule has 10 rings (SSSR count). The first kappa shape index (κ1) is 70.5. The third kappa shape index (κ3) is 16.4. The molecule has 0 aliphatic heterocycles. The van der Waals surface area contributed by atoms with Gasteiger partial charge in [-0.15, -0.1) is 20.2 Å². The number of nitrogens with one attached hydrogen (secondary N) is 5. The number of hydrazone groups is 1. The van der Waals surface area contributed by atoms with E-state index in [2.05, 4.69) is 71.9 Å². The van der Waals surface area contributed by atoms with Gasteiger partial charge >= 0.3 is 41.7 Å². The molecule has 15 N–H and O–H groups in total. The van der Waals surface area contributed by atoms with E-state index in [1.165, 1.54) is 48.8 Å². The lowest BCUT2D eigenvalue weighted by Crippen LogP contribution is -2.34. The lowest BCUT2D eigenvalue weighted by Gasteiger charge is -2.20. The largest absolute Gasteiger partial charge is 0.478 e. The summed E-state index contributed by atoms with van der Waals surface area (Å²) in [5.74, 6) is -5.57. The van der Waals surface area contributed by atoms with Crippen LogP contribution in [0.4, 0.5) is 69.3 Å². The van der Waals surface area contributed by atoms with Crippen LogP contribution in [-0.4, -0.2) is 143 Å². The molecule has 1 aliphatic carbocycles. The number of nitrogens with zero attached hydrogens (tertiary/aromatic N) is 11. The number of carboxylic acid groups (broad SMARTS) is 1. The zero-order valence-electron chi connectivity index (χ0n) is 48.3. The molecule has 0 unspecified atom stereocenters. The molecule has 0 amide bonds. The number of rotatable bonds is 22. The SMILES string of the molecule is Nc1c(N=Nc2ccc(Nc3nc(Nc4cccc(S(=O)(=O)O)c4)nc(-[n+]4cccc(S(=O)(=O)O)c4)n3)cc2S(=O)(=O)O)c(S(=O)(=O)O)cc2c1C(=O)/C(=N/Nc1ccc(Nc3nc(Nc4cccc(S(=O)(=O)O)c4)nc(-[n+]4cccc(C(=O)O)c4)n3)cc1S(=O)(=O)O)C(S(=O)(=O)O)=C2. The number of carbonyl (C=O) groups excluding carboxylic acids is 1. The first-order valence-corrected chi connectivity index (χ1v) is 36.3. The van der Waals surface area contributed by atoms with Crippen molar-refractivity contribution >= 4 is 164 Å². The van der Waals surface area contributed by atoms with Crippen LogP contribution in [0.3, 0.4) is 0 Å². The van der Waals surface area contributed by atoms with E-state index in [0.29, 0.717) is 24.3 Å². The highest BCUT2D eigenvalue weighted by Gasteiger charge is 2.38. The topological polar surface area (TPSA) is 643 Å². The average Bonchev–Trinajstić information content (AvgIpc) is 0.740. The molecule has 0 bridgehead atoms. The molecule has 0 spiro atoms. The van der Waals surface area contributed by atoms with Gasteiger partial charge in [-0.05, 0) is 135 Å². The van der Waals surface area contributed by atoms with Crippen LogP contribution in [0.15, 0.2) is 190 Å². The van der Waals surface area contributed by atoms with E-state index in [0.717, 1.165) is 82.2 Å². The number of pyridine rings is 2. The smallest absolute Gasteiger partial charge is 0.444 e. The summed E-state index contributed by atoms with van der Waals surface area (Å²) in [6.07, 6.45) is 4.91. The molecule has 0 fully saturated rings. The minimum absolute atomic E-state index is 0.0224. The summed E-state index contributed by atoms with van der Waals surface area (Å²) in [6.45, 7) is 0. The van der Waals surface area contributed by atoms with Gasteiger partial charge in [-0.2, -0.15) is 64.0 Å². The fraction of sp³-hybridized carbons (Fsp3) is 0. The van der Waals surface area contributed by atoms with Gasteiger partial charge in [-0.1, -0.05) is 12.1 Å². The minimum Gasteiger partial charge on any atom is -0.478 e. The highest BCUT2D eigenvalue weighted by Crippen LogP contribution is 2.42. The summed E-state index contributed by atoms with van der Waals surface area (Å²) in [6, 6.07) is 19.4. The van der Waals surface area contributed by atoms with Crippen LogP contribution in [0.5, 0.6) is 0 Å². The number of Topliss-reactive ketones (excluding diaryl/α,β-unsaturated/α-hetero) is 1. The van der Waals surface area contributed by atoms with Crippen molar-refractivity contribution in [1.29, 1.82) is 0 Å². The van der Waals surface area contributed by atoms with Gasteiger partial charge in [-0.3, -0.25) is 42.1 Å². The quantitative estimate of drug-likeness (QED) is 0.0151. The lowest BCUT2D eigenvalue weighted by atomic mass is 9.92. The van der Waals surface area contributed by atoms with E-state index in [4.69, 9.17) is 5.73 Å². The van der Waals surface area contributed by atoms with Crippen molar-refractivity contribution in [2.45, 2.75) is 29.4 Å². The molecule has 0 atom stereocenters. The second-order valence-corrected chi connectivity index (χ2v) is 29.6. The minimum atomic E-state index is -5.65. The summed E-state index contributed by atoms with van der Waals surface area (Å²) in [4.78, 5) is 44.6. The summed E-state index contributed by atoms with van der Waals surface area (Å²) in [5, 5.41) is 31.3. The number of hydrogen-bond acceptors (Lipinski definition) is 31. The Bertz CT molecular complexity index is 5910. The molecular formula is C51H39N17O24S7+2. The maximum absolute atomic E-state index is 14.5. The lowest BCUT2D eigenvalue weighted by molar-refractivity contribution is -0.605. The van der Waals surface area contributed by atoms with E-state index < -0.39 is 180 Å². The Morgan fingerprint density at radius 1 is 0.465 bits per heavy atom. The van der Waals surface area contributed by atoms with Crippen LogP contribution in [0.25, 0.3) is 18.0 Å². The van der Waals surface area contributed by atoms with E-state index in [1.54, 1.807) is 0 Å². The number of nitrogen functional groups attached to an aromatic ring is 1. The number of carboxylic acids is 1. The van der Waals surface area contributed by atoms with Crippen molar-refractivity contribution in [2.24, 2.45) is 15.3 Å². The Morgan fingerprint density at radius 2 is 0.919 bits per heavy atom. The molecule has 5 aromatic carbocycles. The van der Waals surface area contributed by atoms with Gasteiger partial charge in [-0.25, -0.2) is 13.9 Å². The molecule has 9 aromatic rings. The number of allylic oxidation sites excluding steroid dienone is 1. The summed E-state index contributed by atoms with van der Waals surface area (Å²) in [5.41, 5.74) is 0.521. The Labute approximate surface area is 555 Å². The number of carbonyl (C=O) groups is 2. The van der Waals surface area contributed by atoms with Gasteiger partial charge < -0.3 is 32.1 Å². The van der Waals surface area contributed by atoms with Gasteiger partial charge in [0.25, 0.3) is 70.8 Å². The number of ketones is 1. The highest BCUT2D eigenvalue weighted by atomic mass is 32.2. The van der Waals surface area contributed by atoms with Crippen molar-refractivity contribution in [3.8, 4) is 11.9 Å². The van der Waals surface area contributed by atoms with Crippen LogP contribution in [0.1, 0.15) is 26.3 Å². The van der Waals surface area contributed by atoms with E-state index >= 15 is 0 Å². The monoisotopic (exact) mass is 1500 g/mol. The Morgan fingerprint density at radius 3 is 1.39 bits per heavy atom. The van der Waals surface area contributed by atoms with Crippen molar-refractivity contribution in [2.75, 3.05) is 32.4 Å². The van der Waals surface area contributed by atoms with Crippen molar-refractivity contribution < 1.29 is 115 Å². The van der Waals surface area contributed by atoms with Gasteiger partial charge in [0.1, 0.15) is 35.9 Å². The molecular weight excluding hydrogens is 1460 g/mol. The first-order chi connectivity index (χ1) is 46.1. The van der Waals surface area contributed by atoms with Crippen LogP contribution in [0, 0.1) is 0 Å². The highest BCUT2D eigenvalue weighted by molar-refractivity contribution is 7.91. The number of aromatic nitrogens is 8. The molecule has 41 nitrogen and oxygen atoms in total. The van der Waals surface area contributed by atoms with E-state index in [1.807, 2.05) is 0 Å². The normalized spacial score (nSPS) is 13.5. The Kier molecular flexibility index (Phi) is 18.7. The number of nitrogens with two attached hydrogens (primary N) is 1. The van der Waals surface area contributed by atoms with E-state index in [-0.39, 0.29) is 40.2 Å². The predicted octanol–water partition coefficient (Wildman–Crippen LogP) is 3.65. The van der Waals surface area contributed by atoms with Crippen molar-refractivity contribution in [3.05, 3.63) is 162 Å². The second-order valence-electron chi connectivity index (χ2n) is 19.8. The summed E-state index contributed by atoms with van der Waals surface area (Å²) >= 11 is 0. The van der Waals surface area contributed by atoms with Crippen LogP contribution in [0.2, 0.25) is 0 Å². The second kappa shape index (κ2) is 26.3. The molecule has 99 heavy (non-hydrogen) atoms. The molecule has 1 aliphatic rings. The fourth-order valence-electron chi connectivity index (χ4n) is 8.73. The first-order valence-electron chi connectivity index (χ1n) is 26.2. The molecule has 48 heteroatoms. The maximum Gasteiger partial charge on any atom is 0.444 e. The third-order valence-electron chi connectivity index (χ3n) is 13.0. The summed E-state index contributed by atoms with van der Waals surface area (Å²) < 4.78 is 248. The fourth-order valence-corrected chi connectivity index (χ4v) is 12.9. The van der Waals surface area contributed by atoms with E-state index in [9.17, 15) is 105 Å². The van der Waals surface area contributed by atoms with Crippen molar-refractivity contribution in [1.82, 2.24) is 29.9 Å². The summed E-state index contributed by atoms with van der Waals surface area (Å²) in [7, 11) is -36.4. The van der Waals surface area contributed by atoms with Gasteiger partial charge in [0.2, 0.25) is 5.78 Å². The number of aromatic carboxylic acids is 1. The van der Waals surface area contributed by atoms with Crippen LogP contribution < -0.4 is 41.6 Å². The standard InChI is InChI=1S/C51H37N17O24S7/c52-41-40-26(17-38(98(87,88)89)42(41)65-63-34-13-11-29(21-36(34)96(81,82)83)56-49-58-47(54-28-7-2-9-32(20-28)94(75,76)77)61-51(62-49)68-16-4-10-33(24-68)95(78,79)80)18-39(99(90,91)92)43(44(40)69)66-64-35-14-12-30(22-37(35)97(84,85)86)55-48-57-46(53-27-6-1-8-31(19-27)93(72,73)74)59-50(60-48)67-15-3-5-25(23-67)45(70)71/h1-24H,(H13-2,52,53,54,55,56,57,58,59,60,61,62,63,64,65,66,69,70,71,72,73,74,75,76,77,78,79,80,81,82,83,84,85,86,87,88,89,90,91,92)/p+2. The van der Waals surface area contributed by atoms with Gasteiger partial charge in [0.15, 0.2) is 5.71 Å². The Hall–Kier alpha value is -11.3. The van der Waals surface area contributed by atoms with Crippen LogP contribution >= 0.6 is 0 Å². The Balaban J connectivity index is 0.989. The molecule has 4 aromatic heterocycles. The maximum atomic E-state index is 14.5. The molecule has 512 valence electrons. The third-order valence-corrected chi connectivity index (χ3v) is 19.1. The zero-order valence-corrected chi connectivity index (χ0v) is 54.0. The van der Waals surface area contributed by atoms with Crippen molar-refractivity contribution in [3.63, 3.8) is 0 Å². The zero-order chi connectivity index (χ0) is 72.1. The van der Waals surface area contributed by atoms with Crippen LogP contribution in [-0.2, 0) is 70.8 Å². The molecule has 0 saturated heterocycles. The molecule has 0 radical (unpaired) electrons. The number of anilines is 10. The van der Waals surface area contributed by atoms with Gasteiger partial charge in [0.05, 0.1) is 57.1 Å². The predicted molar refractivity (Wildman–Crippen MR) is 337 cm³/mol. The molecule has 4 heterocycles. The number of fused-ring (bicyclic) bond motifs is 1.